The Kier molecular flexibility index (Phi) is 7.17. The maximum absolute atomic E-state index is 2.70. The number of rotatable bonds is 5. The molecule has 0 aromatic carbocycles. The van der Waals surface area contributed by atoms with Gasteiger partial charge < -0.3 is 0 Å². The zero-order valence-electron chi connectivity index (χ0n) is 18.0. The van der Waals surface area contributed by atoms with E-state index in [4.69, 9.17) is 0 Å². The summed E-state index contributed by atoms with van der Waals surface area (Å²) < 4.78 is 3.86. The first kappa shape index (κ1) is 21.4. The van der Waals surface area contributed by atoms with Gasteiger partial charge in [0.15, 0.2) is 0 Å². The Balaban J connectivity index is 3.89. The van der Waals surface area contributed by atoms with E-state index in [9.17, 15) is 0 Å². The third kappa shape index (κ3) is 3.96. The van der Waals surface area contributed by atoms with Crippen LogP contribution in [0.15, 0.2) is 18.1 Å². The van der Waals surface area contributed by atoms with Crippen molar-refractivity contribution in [2.45, 2.75) is 84.9 Å². The third-order valence-electron chi connectivity index (χ3n) is 5.70. The van der Waals surface area contributed by atoms with Crippen LogP contribution in [-0.4, -0.2) is 25.1 Å². The van der Waals surface area contributed by atoms with Gasteiger partial charge in [0.25, 0.3) is 0 Å². The molecule has 0 aromatic heterocycles. The second-order valence-electron chi connectivity index (χ2n) is 9.70. The van der Waals surface area contributed by atoms with E-state index >= 15 is 0 Å². The van der Waals surface area contributed by atoms with Gasteiger partial charge in [-0.2, -0.15) is 0 Å². The van der Waals surface area contributed by atoms with Crippen LogP contribution in [0.2, 0.25) is 15.7 Å². The van der Waals surface area contributed by atoms with Crippen molar-refractivity contribution in [1.29, 1.82) is 0 Å². The molecule has 2 heteroatoms. The van der Waals surface area contributed by atoms with Crippen LogP contribution >= 0.6 is 0 Å². The molecule has 0 amide bonds. The average Bonchev–Trinajstić information content (AvgIpc) is 2.33. The van der Waals surface area contributed by atoms with Crippen LogP contribution in [-0.2, 0) is 0 Å². The number of hydrogen-bond donors (Lipinski definition) is 0. The normalized spacial score (nSPS) is 19.4. The van der Waals surface area contributed by atoms with Crippen molar-refractivity contribution < 1.29 is 0 Å². The van der Waals surface area contributed by atoms with Gasteiger partial charge in [-0.15, -0.1) is 0 Å². The van der Waals surface area contributed by atoms with E-state index in [1.807, 2.05) is 18.1 Å². The first-order valence-corrected chi connectivity index (χ1v) is 18.4. The molecule has 0 aliphatic carbocycles. The van der Waals surface area contributed by atoms with E-state index in [2.05, 4.69) is 79.1 Å². The summed E-state index contributed by atoms with van der Waals surface area (Å²) in [6.45, 7) is 25.1. The Bertz CT molecular complexity index is 450. The van der Waals surface area contributed by atoms with Gasteiger partial charge in [-0.3, -0.25) is 0 Å². The number of hydrogen-bond acceptors (Lipinski definition) is 0. The van der Waals surface area contributed by atoms with Gasteiger partial charge in [-0.05, 0) is 0 Å². The summed E-state index contributed by atoms with van der Waals surface area (Å²) in [4.78, 5) is 5.39. The topological polar surface area (TPSA) is 0 Å². The minimum atomic E-state index is -2.45. The minimum absolute atomic E-state index is 0.675. The molecule has 0 fully saturated rings. The van der Waals surface area contributed by atoms with Crippen LogP contribution in [0.3, 0.4) is 0 Å². The molecule has 132 valence electrons. The van der Waals surface area contributed by atoms with Crippen LogP contribution in [0.25, 0.3) is 0 Å². The van der Waals surface area contributed by atoms with Gasteiger partial charge in [0, 0.05) is 0 Å². The van der Waals surface area contributed by atoms with Crippen molar-refractivity contribution in [3.63, 3.8) is 0 Å². The van der Waals surface area contributed by atoms with E-state index < -0.39 is 18.4 Å². The van der Waals surface area contributed by atoms with Crippen molar-refractivity contribution in [1.82, 2.24) is 0 Å². The third-order valence-corrected chi connectivity index (χ3v) is 18.3. The molecule has 0 bridgehead atoms. The van der Waals surface area contributed by atoms with E-state index in [0.29, 0.717) is 36.2 Å². The molecule has 1 aliphatic heterocycles. The van der Waals surface area contributed by atoms with E-state index in [1.165, 1.54) is 0 Å². The molecule has 0 aromatic rings. The molecular weight excluding hydrogens is 382 g/mol. The average molecular weight is 423 g/mol. The molecule has 1 aliphatic rings. The van der Waals surface area contributed by atoms with E-state index in [1.54, 1.807) is 0 Å². The Hall–Kier alpha value is 0.344. The zero-order chi connectivity index (χ0) is 18.3. The molecule has 0 N–H and O–H groups in total. The van der Waals surface area contributed by atoms with Crippen LogP contribution in [0.1, 0.15) is 69.2 Å². The van der Waals surface area contributed by atoms with Crippen molar-refractivity contribution in [3.05, 3.63) is 18.1 Å². The van der Waals surface area contributed by atoms with Crippen LogP contribution in [0.5, 0.6) is 0 Å². The fraction of sp³-hybridized carbons (Fsp3) is 0.810. The second kappa shape index (κ2) is 7.71. The summed E-state index contributed by atoms with van der Waals surface area (Å²) in [6.07, 6.45) is 0. The molecule has 1 rings (SSSR count). The van der Waals surface area contributed by atoms with Gasteiger partial charge >= 0.3 is 152 Å². The monoisotopic (exact) mass is 424 g/mol. The van der Waals surface area contributed by atoms with Gasteiger partial charge in [0.2, 0.25) is 0 Å². The molecule has 1 heterocycles. The molecule has 0 saturated carbocycles. The molecule has 0 radical (unpaired) electrons. The summed E-state index contributed by atoms with van der Waals surface area (Å²) >= 11 is -2.45. The Morgan fingerprint density at radius 2 is 0.870 bits per heavy atom. The van der Waals surface area contributed by atoms with Crippen molar-refractivity contribution in [2.75, 3.05) is 0 Å². The van der Waals surface area contributed by atoms with Gasteiger partial charge in [0.1, 0.15) is 0 Å². The number of allylic oxidation sites excluding steroid dienone is 4. The van der Waals surface area contributed by atoms with Gasteiger partial charge in [0.05, 0.1) is 0 Å². The molecular formula is C21H41BSn. The van der Waals surface area contributed by atoms with Gasteiger partial charge in [-0.1, -0.05) is 0 Å². The summed E-state index contributed by atoms with van der Waals surface area (Å²) in [6, 6.07) is 0. The fourth-order valence-corrected chi connectivity index (χ4v) is 21.3. The van der Waals surface area contributed by atoms with E-state index in [0.717, 1.165) is 0 Å². The molecule has 0 saturated heterocycles. The SMILES string of the molecule is CC(C)B1C(C(C)C)=[C](C(C)C)[Sn]([CH3])([CH3])[C](C(C)C)=C1C(C)C. The fourth-order valence-electron chi connectivity index (χ4n) is 5.54. The maximum atomic E-state index is 2.70. The predicted molar refractivity (Wildman–Crippen MR) is 112 cm³/mol. The summed E-state index contributed by atoms with van der Waals surface area (Å²) in [5, 5.41) is 0. The Labute approximate surface area is 151 Å². The molecule has 0 unspecified atom stereocenters. The molecule has 0 spiro atoms. The quantitative estimate of drug-likeness (QED) is 0.419. The van der Waals surface area contributed by atoms with Crippen molar-refractivity contribution >= 4 is 25.1 Å². The summed E-state index contributed by atoms with van der Waals surface area (Å²) in [7, 11) is 0. The van der Waals surface area contributed by atoms with Gasteiger partial charge in [-0.25, -0.2) is 0 Å². The second-order valence-corrected chi connectivity index (χ2v) is 22.1. The first-order chi connectivity index (χ1) is 10.4. The van der Waals surface area contributed by atoms with Crippen LogP contribution in [0.4, 0.5) is 0 Å². The summed E-state index contributed by atoms with van der Waals surface area (Å²) in [5.74, 6) is 3.48. The van der Waals surface area contributed by atoms with E-state index in [-0.39, 0.29) is 0 Å². The van der Waals surface area contributed by atoms with Crippen molar-refractivity contribution in [2.24, 2.45) is 23.7 Å². The zero-order valence-corrected chi connectivity index (χ0v) is 20.8. The van der Waals surface area contributed by atoms with Crippen LogP contribution in [0, 0.1) is 23.7 Å². The van der Waals surface area contributed by atoms with Crippen molar-refractivity contribution in [3.8, 4) is 0 Å². The Morgan fingerprint density at radius 1 is 0.565 bits per heavy atom. The molecule has 23 heavy (non-hydrogen) atoms. The molecule has 0 nitrogen and oxygen atoms in total. The van der Waals surface area contributed by atoms with Crippen LogP contribution < -0.4 is 0 Å². The first-order valence-electron chi connectivity index (χ1n) is 9.84. The Morgan fingerprint density at radius 3 is 1.04 bits per heavy atom. The summed E-state index contributed by atoms with van der Waals surface area (Å²) in [5.41, 5.74) is 3.67. The molecule has 0 atom stereocenters. The predicted octanol–water partition coefficient (Wildman–Crippen LogP) is 6.99. The standard InChI is InChI=1S/C19H35B.2CH3.Sn/c1-13(2)11-18(15(5)6)20(17(9)10)19(16(7)8)12-14(3)4;;;/h13-17H,1-10H3;2*1H3;.